The monoisotopic (exact) mass is 306 g/mol. The molecule has 0 aromatic heterocycles. The van der Waals surface area contributed by atoms with Crippen molar-refractivity contribution in [3.05, 3.63) is 81.9 Å². The molecule has 3 rings (SSSR count). The van der Waals surface area contributed by atoms with Crippen molar-refractivity contribution in [1.82, 2.24) is 0 Å². The maximum Gasteiger partial charge on any atom is 0.295 e. The molecular formula is C18H14N2O3. The largest absolute Gasteiger partial charge is 0.316 e. The number of amides is 1. The minimum absolute atomic E-state index is 0.0823. The number of fused-ring (bicyclic) bond motifs is 1. The number of benzene rings is 3. The number of hydrogen-bond donors (Lipinski definition) is 1. The number of carbonyl (C=O) groups is 1. The number of carbonyl (C=O) groups excluding carboxylic acids is 1. The molecular weight excluding hydrogens is 292 g/mol. The Bertz CT molecular complexity index is 914. The van der Waals surface area contributed by atoms with Gasteiger partial charge in [0.15, 0.2) is 0 Å². The van der Waals surface area contributed by atoms with Crippen LogP contribution >= 0.6 is 0 Å². The second kappa shape index (κ2) is 5.88. The van der Waals surface area contributed by atoms with E-state index in [1.807, 2.05) is 30.3 Å². The Labute approximate surface area is 132 Å². The number of para-hydroxylation sites is 1. The van der Waals surface area contributed by atoms with Gasteiger partial charge in [0, 0.05) is 11.1 Å². The molecule has 0 spiro atoms. The highest BCUT2D eigenvalue weighted by molar-refractivity contribution is 6.13. The summed E-state index contributed by atoms with van der Waals surface area (Å²) in [6, 6.07) is 17.8. The smallest absolute Gasteiger partial charge is 0.295 e. The molecule has 0 saturated carbocycles. The fourth-order valence-corrected chi connectivity index (χ4v) is 2.62. The van der Waals surface area contributed by atoms with E-state index in [0.717, 1.165) is 10.8 Å². The minimum Gasteiger partial charge on any atom is -0.316 e. The highest BCUT2D eigenvalue weighted by atomic mass is 16.6. The summed E-state index contributed by atoms with van der Waals surface area (Å²) in [6.45, 7) is 1.64. The van der Waals surface area contributed by atoms with E-state index >= 15 is 0 Å². The summed E-state index contributed by atoms with van der Waals surface area (Å²) < 4.78 is 0. The second-order valence-electron chi connectivity index (χ2n) is 5.21. The van der Waals surface area contributed by atoms with Crippen LogP contribution in [-0.2, 0) is 0 Å². The van der Waals surface area contributed by atoms with Gasteiger partial charge in [-0.05, 0) is 29.8 Å². The summed E-state index contributed by atoms with van der Waals surface area (Å²) in [5.74, 6) is -0.365. The van der Waals surface area contributed by atoms with Crippen LogP contribution in [0, 0.1) is 17.0 Å². The van der Waals surface area contributed by atoms with Gasteiger partial charge in [-0.3, -0.25) is 14.9 Å². The minimum atomic E-state index is -0.478. The SMILES string of the molecule is Cc1cccc(NC(=O)c2cccc3ccccc23)c1[N+](=O)[O-]. The third-order valence-corrected chi connectivity index (χ3v) is 3.70. The molecule has 3 aromatic rings. The predicted octanol–water partition coefficient (Wildman–Crippen LogP) is 4.31. The van der Waals surface area contributed by atoms with Gasteiger partial charge in [0.05, 0.1) is 4.92 Å². The number of nitro benzene ring substituents is 1. The van der Waals surface area contributed by atoms with Crippen LogP contribution in [0.4, 0.5) is 11.4 Å². The first-order valence-electron chi connectivity index (χ1n) is 7.11. The number of nitrogens with zero attached hydrogens (tertiary/aromatic N) is 1. The van der Waals surface area contributed by atoms with Crippen LogP contribution < -0.4 is 5.32 Å². The number of aryl methyl sites for hydroxylation is 1. The average Bonchev–Trinajstić information content (AvgIpc) is 2.54. The van der Waals surface area contributed by atoms with Crippen molar-refractivity contribution in [1.29, 1.82) is 0 Å². The van der Waals surface area contributed by atoms with E-state index in [1.54, 1.807) is 31.2 Å². The van der Waals surface area contributed by atoms with Crippen LogP contribution in [0.3, 0.4) is 0 Å². The quantitative estimate of drug-likeness (QED) is 0.579. The van der Waals surface area contributed by atoms with Gasteiger partial charge in [0.25, 0.3) is 11.6 Å². The van der Waals surface area contributed by atoms with E-state index in [-0.39, 0.29) is 17.3 Å². The summed E-state index contributed by atoms with van der Waals surface area (Å²) in [7, 11) is 0. The first kappa shape index (κ1) is 14.7. The summed E-state index contributed by atoms with van der Waals surface area (Å²) in [6.07, 6.45) is 0. The van der Waals surface area contributed by atoms with Crippen LogP contribution in [0.1, 0.15) is 15.9 Å². The lowest BCUT2D eigenvalue weighted by Gasteiger charge is -2.09. The molecule has 114 valence electrons. The number of nitrogens with one attached hydrogen (secondary N) is 1. The van der Waals surface area contributed by atoms with Crippen LogP contribution in [-0.4, -0.2) is 10.8 Å². The Morgan fingerprint density at radius 2 is 1.70 bits per heavy atom. The van der Waals surface area contributed by atoms with Crippen LogP contribution in [0.2, 0.25) is 0 Å². The maximum atomic E-state index is 12.6. The number of anilines is 1. The first-order chi connectivity index (χ1) is 11.1. The van der Waals surface area contributed by atoms with E-state index in [9.17, 15) is 14.9 Å². The van der Waals surface area contributed by atoms with Crippen molar-refractivity contribution in [2.75, 3.05) is 5.32 Å². The molecule has 1 amide bonds. The van der Waals surface area contributed by atoms with Crippen LogP contribution in [0.25, 0.3) is 10.8 Å². The molecule has 0 aliphatic heterocycles. The Hall–Kier alpha value is -3.21. The van der Waals surface area contributed by atoms with Crippen molar-refractivity contribution in [3.63, 3.8) is 0 Å². The maximum absolute atomic E-state index is 12.6. The van der Waals surface area contributed by atoms with Crippen LogP contribution in [0.15, 0.2) is 60.7 Å². The van der Waals surface area contributed by atoms with Gasteiger partial charge >= 0.3 is 0 Å². The first-order valence-corrected chi connectivity index (χ1v) is 7.11. The van der Waals surface area contributed by atoms with E-state index in [1.165, 1.54) is 6.07 Å². The molecule has 23 heavy (non-hydrogen) atoms. The lowest BCUT2D eigenvalue weighted by Crippen LogP contribution is -2.14. The summed E-state index contributed by atoms with van der Waals surface area (Å²) in [5, 5.41) is 15.6. The van der Waals surface area contributed by atoms with Crippen molar-refractivity contribution < 1.29 is 9.72 Å². The van der Waals surface area contributed by atoms with Crippen molar-refractivity contribution in [2.45, 2.75) is 6.92 Å². The Morgan fingerprint density at radius 3 is 2.48 bits per heavy atom. The molecule has 0 aliphatic rings. The third-order valence-electron chi connectivity index (χ3n) is 3.70. The molecule has 5 heteroatoms. The number of hydrogen-bond acceptors (Lipinski definition) is 3. The zero-order valence-electron chi connectivity index (χ0n) is 12.4. The second-order valence-corrected chi connectivity index (χ2v) is 5.21. The molecule has 1 N–H and O–H groups in total. The van der Waals surface area contributed by atoms with E-state index in [4.69, 9.17) is 0 Å². The zero-order valence-corrected chi connectivity index (χ0v) is 12.4. The lowest BCUT2D eigenvalue weighted by molar-refractivity contribution is -0.384. The predicted molar refractivity (Wildman–Crippen MR) is 89.7 cm³/mol. The summed E-state index contributed by atoms with van der Waals surface area (Å²) >= 11 is 0. The Balaban J connectivity index is 2.03. The van der Waals surface area contributed by atoms with Crippen molar-refractivity contribution in [3.8, 4) is 0 Å². The third kappa shape index (κ3) is 2.76. The van der Waals surface area contributed by atoms with Crippen molar-refractivity contribution >= 4 is 28.1 Å². The van der Waals surface area contributed by atoms with E-state index in [0.29, 0.717) is 11.1 Å². The van der Waals surface area contributed by atoms with Gasteiger partial charge in [-0.1, -0.05) is 48.5 Å². The number of rotatable bonds is 3. The van der Waals surface area contributed by atoms with Gasteiger partial charge in [0.1, 0.15) is 5.69 Å². The molecule has 0 fully saturated rings. The highest BCUT2D eigenvalue weighted by Crippen LogP contribution is 2.29. The number of nitro groups is 1. The van der Waals surface area contributed by atoms with Gasteiger partial charge in [0.2, 0.25) is 0 Å². The Morgan fingerprint density at radius 1 is 1.00 bits per heavy atom. The molecule has 0 atom stereocenters. The molecule has 0 radical (unpaired) electrons. The van der Waals surface area contributed by atoms with Gasteiger partial charge in [-0.25, -0.2) is 0 Å². The highest BCUT2D eigenvalue weighted by Gasteiger charge is 2.19. The fourth-order valence-electron chi connectivity index (χ4n) is 2.62. The van der Waals surface area contributed by atoms with Crippen molar-refractivity contribution in [2.24, 2.45) is 0 Å². The van der Waals surface area contributed by atoms with Crippen LogP contribution in [0.5, 0.6) is 0 Å². The standard InChI is InChI=1S/C18H14N2O3/c1-12-6-4-11-16(17(12)20(22)23)19-18(21)15-10-5-8-13-7-2-3-9-14(13)15/h2-11H,1H3,(H,19,21). The zero-order chi connectivity index (χ0) is 16.4. The molecule has 0 unspecified atom stereocenters. The lowest BCUT2D eigenvalue weighted by atomic mass is 10.0. The average molecular weight is 306 g/mol. The van der Waals surface area contributed by atoms with Gasteiger partial charge in [-0.2, -0.15) is 0 Å². The van der Waals surface area contributed by atoms with E-state index < -0.39 is 4.92 Å². The summed E-state index contributed by atoms with van der Waals surface area (Å²) in [5.41, 5.74) is 1.11. The summed E-state index contributed by atoms with van der Waals surface area (Å²) in [4.78, 5) is 23.3. The van der Waals surface area contributed by atoms with Gasteiger partial charge in [-0.15, -0.1) is 0 Å². The fraction of sp³-hybridized carbons (Fsp3) is 0.0556. The molecule has 0 heterocycles. The normalized spacial score (nSPS) is 10.5. The molecule has 0 saturated heterocycles. The molecule has 0 bridgehead atoms. The topological polar surface area (TPSA) is 72.2 Å². The molecule has 5 nitrogen and oxygen atoms in total. The Kier molecular flexibility index (Phi) is 3.76. The molecule has 0 aliphatic carbocycles. The van der Waals surface area contributed by atoms with E-state index in [2.05, 4.69) is 5.32 Å². The molecule has 3 aromatic carbocycles. The van der Waals surface area contributed by atoms with Gasteiger partial charge < -0.3 is 5.32 Å².